The molecule has 2 N–H and O–H groups in total. The van der Waals surface area contributed by atoms with Crippen LogP contribution in [0.1, 0.15) is 36.5 Å². The van der Waals surface area contributed by atoms with Crippen molar-refractivity contribution in [2.45, 2.75) is 52.4 Å². The lowest BCUT2D eigenvalue weighted by Gasteiger charge is -2.35. The first-order valence-corrected chi connectivity index (χ1v) is 11.0. The highest BCUT2D eigenvalue weighted by molar-refractivity contribution is 5.96. The predicted octanol–water partition coefficient (Wildman–Crippen LogP) is 3.43. The molecule has 1 aliphatic rings. The highest BCUT2D eigenvalue weighted by Gasteiger charge is 2.27. The van der Waals surface area contributed by atoms with Crippen molar-refractivity contribution in [3.63, 3.8) is 0 Å². The summed E-state index contributed by atoms with van der Waals surface area (Å²) in [4.78, 5) is 27.0. The van der Waals surface area contributed by atoms with Gasteiger partial charge in [-0.05, 0) is 50.3 Å². The zero-order valence-corrected chi connectivity index (χ0v) is 18.7. The minimum absolute atomic E-state index is 0.0341. The standard InChI is InChI=1S/C25H33N3O3/c1-18-8-7-9-19(2)24(18)27-23(29)16-26-25(30)20(3)28-14-12-22(13-15-28)31-17-21-10-5-4-6-11-21/h4-11,20,22H,12-17H2,1-3H3,(H,26,30)(H,27,29)/t20-/m0/s1. The van der Waals surface area contributed by atoms with E-state index in [1.54, 1.807) is 0 Å². The lowest BCUT2D eigenvalue weighted by Crippen LogP contribution is -2.50. The summed E-state index contributed by atoms with van der Waals surface area (Å²) >= 11 is 0. The molecule has 0 bridgehead atoms. The SMILES string of the molecule is Cc1cccc(C)c1NC(=O)CNC(=O)[C@H](C)N1CCC(OCc2ccccc2)CC1. The number of amides is 2. The smallest absolute Gasteiger partial charge is 0.243 e. The van der Waals surface area contributed by atoms with E-state index in [-0.39, 0.29) is 30.5 Å². The van der Waals surface area contributed by atoms with Crippen molar-refractivity contribution >= 4 is 17.5 Å². The van der Waals surface area contributed by atoms with E-state index < -0.39 is 0 Å². The Kier molecular flexibility index (Phi) is 8.20. The second kappa shape index (κ2) is 11.1. The van der Waals surface area contributed by atoms with Crippen LogP contribution in [0.25, 0.3) is 0 Å². The number of benzene rings is 2. The number of ether oxygens (including phenoxy) is 1. The van der Waals surface area contributed by atoms with E-state index in [0.29, 0.717) is 6.61 Å². The zero-order valence-electron chi connectivity index (χ0n) is 18.7. The summed E-state index contributed by atoms with van der Waals surface area (Å²) in [6, 6.07) is 15.8. The van der Waals surface area contributed by atoms with Crippen LogP contribution in [0.15, 0.2) is 48.5 Å². The van der Waals surface area contributed by atoms with Crippen LogP contribution < -0.4 is 10.6 Å². The molecule has 1 aliphatic heterocycles. The molecule has 0 unspecified atom stereocenters. The topological polar surface area (TPSA) is 70.7 Å². The Morgan fingerprint density at radius 2 is 1.68 bits per heavy atom. The second-order valence-corrected chi connectivity index (χ2v) is 8.24. The molecule has 1 saturated heterocycles. The molecule has 1 heterocycles. The number of hydrogen-bond acceptors (Lipinski definition) is 4. The molecular formula is C25H33N3O3. The van der Waals surface area contributed by atoms with Crippen LogP contribution in [-0.2, 0) is 20.9 Å². The molecule has 0 spiro atoms. The van der Waals surface area contributed by atoms with Crippen molar-refractivity contribution in [1.82, 2.24) is 10.2 Å². The van der Waals surface area contributed by atoms with Gasteiger partial charge in [0, 0.05) is 18.8 Å². The molecule has 1 fully saturated rings. The fourth-order valence-corrected chi connectivity index (χ4v) is 3.89. The van der Waals surface area contributed by atoms with Gasteiger partial charge in [-0.15, -0.1) is 0 Å². The normalized spacial score (nSPS) is 16.0. The number of hydrogen-bond donors (Lipinski definition) is 2. The lowest BCUT2D eigenvalue weighted by atomic mass is 10.1. The fourth-order valence-electron chi connectivity index (χ4n) is 3.89. The van der Waals surface area contributed by atoms with Crippen LogP contribution in [0, 0.1) is 13.8 Å². The van der Waals surface area contributed by atoms with Crippen LogP contribution in [0.3, 0.4) is 0 Å². The fraction of sp³-hybridized carbons (Fsp3) is 0.440. The van der Waals surface area contributed by atoms with E-state index >= 15 is 0 Å². The van der Waals surface area contributed by atoms with Gasteiger partial charge in [-0.3, -0.25) is 14.5 Å². The third-order valence-corrected chi connectivity index (χ3v) is 5.90. The van der Waals surface area contributed by atoms with Gasteiger partial charge in [0.05, 0.1) is 25.3 Å². The molecule has 2 aromatic rings. The Morgan fingerprint density at radius 3 is 2.32 bits per heavy atom. The van der Waals surface area contributed by atoms with Gasteiger partial charge in [-0.2, -0.15) is 0 Å². The molecule has 0 saturated carbocycles. The monoisotopic (exact) mass is 423 g/mol. The highest BCUT2D eigenvalue weighted by Crippen LogP contribution is 2.19. The van der Waals surface area contributed by atoms with Gasteiger partial charge in [0.2, 0.25) is 11.8 Å². The van der Waals surface area contributed by atoms with Crippen LogP contribution >= 0.6 is 0 Å². The second-order valence-electron chi connectivity index (χ2n) is 8.24. The molecule has 2 amide bonds. The molecule has 2 aromatic carbocycles. The zero-order chi connectivity index (χ0) is 22.2. The van der Waals surface area contributed by atoms with Gasteiger partial charge in [0.25, 0.3) is 0 Å². The Labute approximate surface area is 185 Å². The summed E-state index contributed by atoms with van der Waals surface area (Å²) in [5, 5.41) is 5.67. The molecule has 31 heavy (non-hydrogen) atoms. The third-order valence-electron chi connectivity index (χ3n) is 5.90. The first-order valence-electron chi connectivity index (χ1n) is 11.0. The first-order chi connectivity index (χ1) is 14.9. The summed E-state index contributed by atoms with van der Waals surface area (Å²) in [7, 11) is 0. The number of aryl methyl sites for hydroxylation is 2. The Morgan fingerprint density at radius 1 is 1.03 bits per heavy atom. The Hall–Kier alpha value is -2.70. The van der Waals surface area contributed by atoms with Gasteiger partial charge in [-0.1, -0.05) is 48.5 Å². The number of carbonyl (C=O) groups is 2. The number of piperidine rings is 1. The maximum atomic E-state index is 12.6. The molecular weight excluding hydrogens is 390 g/mol. The van der Waals surface area contributed by atoms with Gasteiger partial charge in [0.15, 0.2) is 0 Å². The molecule has 6 heteroatoms. The van der Waals surface area contributed by atoms with Gasteiger partial charge in [0.1, 0.15) is 0 Å². The van der Waals surface area contributed by atoms with Crippen LogP contribution in [0.2, 0.25) is 0 Å². The van der Waals surface area contributed by atoms with E-state index in [4.69, 9.17) is 4.74 Å². The molecule has 1 atom stereocenters. The number of rotatable bonds is 8. The number of nitrogens with one attached hydrogen (secondary N) is 2. The quantitative estimate of drug-likeness (QED) is 0.683. The van der Waals surface area contributed by atoms with Crippen LogP contribution in [-0.4, -0.2) is 48.5 Å². The number of para-hydroxylation sites is 1. The Bertz CT molecular complexity index is 857. The van der Waals surface area contributed by atoms with Gasteiger partial charge >= 0.3 is 0 Å². The van der Waals surface area contributed by atoms with Gasteiger partial charge < -0.3 is 15.4 Å². The summed E-state index contributed by atoms with van der Waals surface area (Å²) in [5.74, 6) is -0.341. The summed E-state index contributed by atoms with van der Waals surface area (Å²) < 4.78 is 6.03. The van der Waals surface area contributed by atoms with E-state index in [1.807, 2.05) is 57.2 Å². The van der Waals surface area contributed by atoms with Crippen molar-refractivity contribution in [3.8, 4) is 0 Å². The van der Waals surface area contributed by atoms with Crippen molar-refractivity contribution < 1.29 is 14.3 Å². The van der Waals surface area contributed by atoms with Crippen LogP contribution in [0.5, 0.6) is 0 Å². The van der Waals surface area contributed by atoms with Crippen molar-refractivity contribution in [2.75, 3.05) is 25.0 Å². The number of anilines is 1. The van der Waals surface area contributed by atoms with E-state index in [2.05, 4.69) is 27.7 Å². The number of carbonyl (C=O) groups excluding carboxylic acids is 2. The van der Waals surface area contributed by atoms with Crippen molar-refractivity contribution in [2.24, 2.45) is 0 Å². The van der Waals surface area contributed by atoms with E-state index in [1.165, 1.54) is 5.56 Å². The largest absolute Gasteiger partial charge is 0.373 e. The molecule has 0 radical (unpaired) electrons. The van der Waals surface area contributed by atoms with Crippen molar-refractivity contribution in [1.29, 1.82) is 0 Å². The summed E-state index contributed by atoms with van der Waals surface area (Å²) in [6.07, 6.45) is 2.02. The van der Waals surface area contributed by atoms with Gasteiger partial charge in [-0.25, -0.2) is 0 Å². The maximum absolute atomic E-state index is 12.6. The van der Waals surface area contributed by atoms with Crippen molar-refractivity contribution in [3.05, 3.63) is 65.2 Å². The molecule has 3 rings (SSSR count). The molecule has 0 aromatic heterocycles. The maximum Gasteiger partial charge on any atom is 0.243 e. The predicted molar refractivity (Wildman–Crippen MR) is 123 cm³/mol. The number of likely N-dealkylation sites (tertiary alicyclic amines) is 1. The van der Waals surface area contributed by atoms with E-state index in [9.17, 15) is 9.59 Å². The summed E-state index contributed by atoms with van der Waals surface area (Å²) in [6.45, 7) is 8.01. The third kappa shape index (κ3) is 6.64. The lowest BCUT2D eigenvalue weighted by molar-refractivity contribution is -0.129. The average molecular weight is 424 g/mol. The van der Waals surface area contributed by atoms with E-state index in [0.717, 1.165) is 42.7 Å². The minimum Gasteiger partial charge on any atom is -0.373 e. The van der Waals surface area contributed by atoms with Crippen LogP contribution in [0.4, 0.5) is 5.69 Å². The minimum atomic E-state index is -0.275. The molecule has 166 valence electrons. The summed E-state index contributed by atoms with van der Waals surface area (Å²) in [5.41, 5.74) is 4.00. The number of nitrogens with zero attached hydrogens (tertiary/aromatic N) is 1. The molecule has 0 aliphatic carbocycles. The average Bonchev–Trinajstić information content (AvgIpc) is 2.79. The first kappa shape index (κ1) is 23.0. The molecule has 6 nitrogen and oxygen atoms in total. The Balaban J connectivity index is 1.39. The highest BCUT2D eigenvalue weighted by atomic mass is 16.5.